The maximum Gasteiger partial charge on any atom is 0.130 e. The summed E-state index contributed by atoms with van der Waals surface area (Å²) in [5.74, 6) is -0.520. The second kappa shape index (κ2) is 4.82. The van der Waals surface area contributed by atoms with Crippen molar-refractivity contribution in [3.05, 3.63) is 64.2 Å². The zero-order chi connectivity index (χ0) is 12.4. The lowest BCUT2D eigenvalue weighted by atomic mass is 10.0. The molecule has 0 amide bonds. The fraction of sp³-hybridized carbons (Fsp3) is 0.154. The van der Waals surface area contributed by atoms with Crippen LogP contribution in [0, 0.1) is 12.7 Å². The van der Waals surface area contributed by atoms with Crippen LogP contribution in [0.1, 0.15) is 22.9 Å². The van der Waals surface area contributed by atoms with E-state index in [1.165, 1.54) is 12.1 Å². The van der Waals surface area contributed by atoms with Gasteiger partial charge in [-0.2, -0.15) is 0 Å². The molecule has 2 nitrogen and oxygen atoms in total. The number of aliphatic hydroxyl groups is 1. The fourth-order valence-electron chi connectivity index (χ4n) is 1.68. The van der Waals surface area contributed by atoms with Gasteiger partial charge in [0.1, 0.15) is 11.9 Å². The van der Waals surface area contributed by atoms with Crippen LogP contribution in [-0.2, 0) is 0 Å². The molecule has 0 fully saturated rings. The number of nitrogens with zero attached hydrogens (tertiary/aromatic N) is 1. The first kappa shape index (κ1) is 12.0. The molecular weight excluding hydrogens is 241 g/mol. The van der Waals surface area contributed by atoms with Crippen LogP contribution in [-0.4, -0.2) is 10.1 Å². The minimum Gasteiger partial charge on any atom is -0.383 e. The molecule has 88 valence electrons. The van der Waals surface area contributed by atoms with Crippen LogP contribution in [0.5, 0.6) is 0 Å². The average molecular weight is 252 g/mol. The molecule has 2 aromatic rings. The summed E-state index contributed by atoms with van der Waals surface area (Å²) in [6.07, 6.45) is 0.602. The highest BCUT2D eigenvalue weighted by molar-refractivity contribution is 6.30. The minimum absolute atomic E-state index is 0.200. The molecule has 0 radical (unpaired) electrons. The van der Waals surface area contributed by atoms with Gasteiger partial charge in [0, 0.05) is 28.0 Å². The van der Waals surface area contributed by atoms with Gasteiger partial charge < -0.3 is 5.11 Å². The fourth-order valence-corrected chi connectivity index (χ4v) is 1.84. The van der Waals surface area contributed by atoms with Crippen LogP contribution in [0.25, 0.3) is 0 Å². The van der Waals surface area contributed by atoms with Gasteiger partial charge in [-0.25, -0.2) is 4.39 Å². The topological polar surface area (TPSA) is 33.1 Å². The molecule has 1 unspecified atom stereocenters. The molecule has 0 aliphatic heterocycles. The molecule has 1 aromatic heterocycles. The molecule has 0 saturated heterocycles. The number of hydrogen-bond donors (Lipinski definition) is 1. The minimum atomic E-state index is -1.03. The van der Waals surface area contributed by atoms with Crippen LogP contribution in [0.15, 0.2) is 36.5 Å². The smallest absolute Gasteiger partial charge is 0.130 e. The number of pyridine rings is 1. The van der Waals surface area contributed by atoms with Crippen LogP contribution < -0.4 is 0 Å². The summed E-state index contributed by atoms with van der Waals surface area (Å²) in [4.78, 5) is 4.06. The van der Waals surface area contributed by atoms with Crippen molar-refractivity contribution in [2.24, 2.45) is 0 Å². The molecule has 4 heteroatoms. The SMILES string of the molecule is Cc1ncccc1C(O)c1ccc(Cl)cc1F. The van der Waals surface area contributed by atoms with Crippen molar-refractivity contribution >= 4 is 11.6 Å². The highest BCUT2D eigenvalue weighted by Gasteiger charge is 2.17. The molecule has 0 bridgehead atoms. The van der Waals surface area contributed by atoms with E-state index in [2.05, 4.69) is 4.98 Å². The molecule has 0 aliphatic carbocycles. The van der Waals surface area contributed by atoms with Gasteiger partial charge in [0.2, 0.25) is 0 Å². The van der Waals surface area contributed by atoms with Gasteiger partial charge in [-0.1, -0.05) is 23.7 Å². The summed E-state index contributed by atoms with van der Waals surface area (Å²) in [7, 11) is 0. The van der Waals surface area contributed by atoms with Gasteiger partial charge >= 0.3 is 0 Å². The number of aromatic nitrogens is 1. The van der Waals surface area contributed by atoms with Gasteiger partial charge in [0.15, 0.2) is 0 Å². The number of rotatable bonds is 2. The Hall–Kier alpha value is -1.45. The molecule has 1 atom stereocenters. The van der Waals surface area contributed by atoms with Crippen molar-refractivity contribution in [1.82, 2.24) is 4.98 Å². The molecule has 1 N–H and O–H groups in total. The first-order chi connectivity index (χ1) is 8.09. The summed E-state index contributed by atoms with van der Waals surface area (Å²) in [6.45, 7) is 1.77. The lowest BCUT2D eigenvalue weighted by Gasteiger charge is -2.14. The zero-order valence-corrected chi connectivity index (χ0v) is 9.95. The quantitative estimate of drug-likeness (QED) is 0.889. The van der Waals surface area contributed by atoms with E-state index in [0.29, 0.717) is 16.3 Å². The van der Waals surface area contributed by atoms with Crippen LogP contribution in [0.4, 0.5) is 4.39 Å². The summed E-state index contributed by atoms with van der Waals surface area (Å²) >= 11 is 5.66. The maximum absolute atomic E-state index is 13.7. The highest BCUT2D eigenvalue weighted by Crippen LogP contribution is 2.27. The Labute approximate surface area is 104 Å². The lowest BCUT2D eigenvalue weighted by molar-refractivity contribution is 0.213. The standard InChI is InChI=1S/C13H11ClFNO/c1-8-10(3-2-6-16-8)13(17)11-5-4-9(14)7-12(11)15/h2-7,13,17H,1H3. The monoisotopic (exact) mass is 251 g/mol. The molecule has 1 heterocycles. The van der Waals surface area contributed by atoms with Crippen molar-refractivity contribution in [2.45, 2.75) is 13.0 Å². The van der Waals surface area contributed by atoms with E-state index < -0.39 is 11.9 Å². The van der Waals surface area contributed by atoms with Crippen molar-refractivity contribution in [2.75, 3.05) is 0 Å². The van der Waals surface area contributed by atoms with E-state index in [1.807, 2.05) is 0 Å². The second-order valence-corrected chi connectivity index (χ2v) is 4.18. The number of aliphatic hydroxyl groups excluding tert-OH is 1. The number of halogens is 2. The van der Waals surface area contributed by atoms with Crippen molar-refractivity contribution in [3.63, 3.8) is 0 Å². The molecular formula is C13H11ClFNO. The third-order valence-electron chi connectivity index (χ3n) is 2.60. The summed E-state index contributed by atoms with van der Waals surface area (Å²) in [6, 6.07) is 7.65. The lowest BCUT2D eigenvalue weighted by Crippen LogP contribution is -2.05. The Bertz CT molecular complexity index is 545. The second-order valence-electron chi connectivity index (χ2n) is 3.75. The summed E-state index contributed by atoms with van der Waals surface area (Å²) < 4.78 is 13.7. The van der Waals surface area contributed by atoms with Gasteiger partial charge in [-0.05, 0) is 25.1 Å². The average Bonchev–Trinajstić information content (AvgIpc) is 2.29. The van der Waals surface area contributed by atoms with E-state index >= 15 is 0 Å². The Kier molecular flexibility index (Phi) is 3.41. The van der Waals surface area contributed by atoms with Gasteiger partial charge in [-0.15, -0.1) is 0 Å². The molecule has 0 saturated carbocycles. The first-order valence-corrected chi connectivity index (χ1v) is 5.52. The predicted molar refractivity (Wildman–Crippen MR) is 64.4 cm³/mol. The van der Waals surface area contributed by atoms with Crippen molar-refractivity contribution < 1.29 is 9.50 Å². The van der Waals surface area contributed by atoms with E-state index in [9.17, 15) is 9.50 Å². The third-order valence-corrected chi connectivity index (χ3v) is 2.83. The largest absolute Gasteiger partial charge is 0.383 e. The molecule has 17 heavy (non-hydrogen) atoms. The normalized spacial score (nSPS) is 12.5. The van der Waals surface area contributed by atoms with Gasteiger partial charge in [0.25, 0.3) is 0 Å². The van der Waals surface area contributed by atoms with E-state index in [0.717, 1.165) is 0 Å². The van der Waals surface area contributed by atoms with Crippen molar-refractivity contribution in [3.8, 4) is 0 Å². The number of benzene rings is 1. The molecule has 0 aliphatic rings. The van der Waals surface area contributed by atoms with Gasteiger partial charge in [-0.3, -0.25) is 4.98 Å². The number of aryl methyl sites for hydroxylation is 1. The van der Waals surface area contributed by atoms with E-state index in [1.54, 1.807) is 31.3 Å². The van der Waals surface area contributed by atoms with Gasteiger partial charge in [0.05, 0.1) is 0 Å². The zero-order valence-electron chi connectivity index (χ0n) is 9.19. The number of hydrogen-bond acceptors (Lipinski definition) is 2. The summed E-state index contributed by atoms with van der Waals surface area (Å²) in [5, 5.41) is 10.4. The van der Waals surface area contributed by atoms with E-state index in [4.69, 9.17) is 11.6 Å². The highest BCUT2D eigenvalue weighted by atomic mass is 35.5. The molecule has 1 aromatic carbocycles. The van der Waals surface area contributed by atoms with E-state index in [-0.39, 0.29) is 5.56 Å². The summed E-state index contributed by atoms with van der Waals surface area (Å²) in [5.41, 5.74) is 1.47. The Morgan fingerprint density at radius 3 is 2.71 bits per heavy atom. The Morgan fingerprint density at radius 2 is 2.06 bits per heavy atom. The molecule has 0 spiro atoms. The first-order valence-electron chi connectivity index (χ1n) is 5.14. The van der Waals surface area contributed by atoms with Crippen LogP contribution in [0.2, 0.25) is 5.02 Å². The van der Waals surface area contributed by atoms with Crippen molar-refractivity contribution in [1.29, 1.82) is 0 Å². The maximum atomic E-state index is 13.7. The van der Waals surface area contributed by atoms with Crippen LogP contribution >= 0.6 is 11.6 Å². The van der Waals surface area contributed by atoms with Crippen LogP contribution in [0.3, 0.4) is 0 Å². The molecule has 2 rings (SSSR count). The Morgan fingerprint density at radius 1 is 1.29 bits per heavy atom. The Balaban J connectivity index is 2.44. The predicted octanol–water partition coefficient (Wildman–Crippen LogP) is 3.26. The third kappa shape index (κ3) is 2.46.